The van der Waals surface area contributed by atoms with E-state index in [-0.39, 0.29) is 5.91 Å². The van der Waals surface area contributed by atoms with Crippen LogP contribution in [-0.2, 0) is 0 Å². The Morgan fingerprint density at radius 3 is 2.73 bits per heavy atom. The van der Waals surface area contributed by atoms with Crippen LogP contribution < -0.4 is 15.5 Å². The van der Waals surface area contributed by atoms with Crippen LogP contribution in [0.3, 0.4) is 0 Å². The Bertz CT molecular complexity index is 721. The number of aromatic nitrogens is 1. The number of piperidine rings is 1. The van der Waals surface area contributed by atoms with Crippen molar-refractivity contribution in [2.75, 3.05) is 38.6 Å². The third-order valence-electron chi connectivity index (χ3n) is 4.95. The first kappa shape index (κ1) is 18.4. The highest BCUT2D eigenvalue weighted by molar-refractivity contribution is 5.95. The molecule has 0 saturated carbocycles. The number of nitrogens with zero attached hydrogens (tertiary/aromatic N) is 2. The third kappa shape index (κ3) is 4.82. The summed E-state index contributed by atoms with van der Waals surface area (Å²) in [5, 5.41) is 6.45. The molecule has 0 bridgehead atoms. The average Bonchev–Trinajstić information content (AvgIpc) is 2.69. The van der Waals surface area contributed by atoms with E-state index in [1.165, 1.54) is 12.8 Å². The van der Waals surface area contributed by atoms with Gasteiger partial charge >= 0.3 is 0 Å². The second kappa shape index (κ2) is 8.81. The normalized spacial score (nSPS) is 16.9. The van der Waals surface area contributed by atoms with Gasteiger partial charge in [-0.15, -0.1) is 0 Å². The fraction of sp³-hybridized carbons (Fsp3) is 0.429. The minimum Gasteiger partial charge on any atom is -0.378 e. The van der Waals surface area contributed by atoms with Crippen molar-refractivity contribution in [1.29, 1.82) is 0 Å². The van der Waals surface area contributed by atoms with Crippen LogP contribution in [0.4, 0.5) is 5.69 Å². The van der Waals surface area contributed by atoms with Crippen molar-refractivity contribution >= 4 is 11.6 Å². The van der Waals surface area contributed by atoms with Crippen molar-refractivity contribution in [1.82, 2.24) is 15.6 Å². The number of nitrogens with one attached hydrogen (secondary N) is 2. The van der Waals surface area contributed by atoms with E-state index in [1.807, 2.05) is 20.2 Å². The Labute approximate surface area is 155 Å². The maximum absolute atomic E-state index is 12.4. The topological polar surface area (TPSA) is 57.3 Å². The number of amides is 1. The first-order valence-electron chi connectivity index (χ1n) is 9.35. The molecule has 1 aromatic heterocycles. The summed E-state index contributed by atoms with van der Waals surface area (Å²) in [6.45, 7) is 2.90. The molecule has 0 radical (unpaired) electrons. The lowest BCUT2D eigenvalue weighted by Gasteiger charge is -2.22. The van der Waals surface area contributed by atoms with Gasteiger partial charge in [0, 0.05) is 44.3 Å². The SMILES string of the molecule is CN(C)c1ccc(-c2cncc(C(=O)NCCC3CCCNC3)c2)cc1. The van der Waals surface area contributed by atoms with E-state index in [2.05, 4.69) is 44.8 Å². The Morgan fingerprint density at radius 2 is 2.04 bits per heavy atom. The van der Waals surface area contributed by atoms with E-state index >= 15 is 0 Å². The first-order valence-corrected chi connectivity index (χ1v) is 9.35. The number of anilines is 1. The summed E-state index contributed by atoms with van der Waals surface area (Å²) in [5.74, 6) is 0.622. The van der Waals surface area contributed by atoms with Crippen LogP contribution in [0.15, 0.2) is 42.7 Å². The van der Waals surface area contributed by atoms with E-state index in [9.17, 15) is 4.79 Å². The molecule has 2 aromatic rings. The molecule has 5 nitrogen and oxygen atoms in total. The molecule has 2 N–H and O–H groups in total. The lowest BCUT2D eigenvalue weighted by Crippen LogP contribution is -2.33. The number of carbonyl (C=O) groups is 1. The molecule has 1 unspecified atom stereocenters. The Balaban J connectivity index is 1.59. The van der Waals surface area contributed by atoms with Gasteiger partial charge in [-0.05, 0) is 62.0 Å². The number of carbonyl (C=O) groups excluding carboxylic acids is 1. The number of hydrogen-bond acceptors (Lipinski definition) is 4. The minimum absolute atomic E-state index is 0.0481. The van der Waals surface area contributed by atoms with Crippen molar-refractivity contribution < 1.29 is 4.79 Å². The predicted molar refractivity (Wildman–Crippen MR) is 107 cm³/mol. The average molecular weight is 352 g/mol. The van der Waals surface area contributed by atoms with Crippen LogP contribution in [-0.4, -0.2) is 44.6 Å². The molecule has 1 fully saturated rings. The minimum atomic E-state index is -0.0481. The standard InChI is InChI=1S/C21H28N4O/c1-25(2)20-7-5-17(6-8-20)18-12-19(15-23-14-18)21(26)24-11-9-16-4-3-10-22-13-16/h5-8,12,14-16,22H,3-4,9-11,13H2,1-2H3,(H,24,26). The van der Waals surface area contributed by atoms with Crippen molar-refractivity contribution in [3.05, 3.63) is 48.3 Å². The second-order valence-corrected chi connectivity index (χ2v) is 7.16. The van der Waals surface area contributed by atoms with Gasteiger partial charge in [0.15, 0.2) is 0 Å². The highest BCUT2D eigenvalue weighted by Gasteiger charge is 2.13. The summed E-state index contributed by atoms with van der Waals surface area (Å²) in [6, 6.07) is 10.2. The molecule has 1 amide bonds. The fourth-order valence-electron chi connectivity index (χ4n) is 3.34. The highest BCUT2D eigenvalue weighted by atomic mass is 16.1. The van der Waals surface area contributed by atoms with Crippen molar-refractivity contribution in [3.8, 4) is 11.1 Å². The van der Waals surface area contributed by atoms with Crippen molar-refractivity contribution in [2.45, 2.75) is 19.3 Å². The Morgan fingerprint density at radius 1 is 1.23 bits per heavy atom. The maximum Gasteiger partial charge on any atom is 0.252 e. The molecular formula is C21H28N4O. The lowest BCUT2D eigenvalue weighted by molar-refractivity contribution is 0.0950. The van der Waals surface area contributed by atoms with Gasteiger partial charge < -0.3 is 15.5 Å². The van der Waals surface area contributed by atoms with Gasteiger partial charge in [-0.3, -0.25) is 9.78 Å². The summed E-state index contributed by atoms with van der Waals surface area (Å²) in [5.41, 5.74) is 3.78. The molecule has 1 aliphatic heterocycles. The lowest BCUT2D eigenvalue weighted by atomic mass is 9.96. The molecule has 1 aliphatic rings. The van der Waals surface area contributed by atoms with Crippen LogP contribution in [0.5, 0.6) is 0 Å². The van der Waals surface area contributed by atoms with Gasteiger partial charge in [0.1, 0.15) is 0 Å². The third-order valence-corrected chi connectivity index (χ3v) is 4.95. The molecular weight excluding hydrogens is 324 g/mol. The highest BCUT2D eigenvalue weighted by Crippen LogP contribution is 2.22. The van der Waals surface area contributed by atoms with Crippen LogP contribution >= 0.6 is 0 Å². The number of pyridine rings is 1. The van der Waals surface area contributed by atoms with E-state index in [0.717, 1.165) is 36.3 Å². The molecule has 3 rings (SSSR count). The molecule has 2 heterocycles. The number of hydrogen-bond donors (Lipinski definition) is 2. The number of benzene rings is 1. The Hall–Kier alpha value is -2.40. The smallest absolute Gasteiger partial charge is 0.252 e. The van der Waals surface area contributed by atoms with Gasteiger partial charge in [0.05, 0.1) is 5.56 Å². The predicted octanol–water partition coefficient (Wildman–Crippen LogP) is 2.93. The fourth-order valence-corrected chi connectivity index (χ4v) is 3.34. The van der Waals surface area contributed by atoms with Gasteiger partial charge in [0.25, 0.3) is 5.91 Å². The molecule has 26 heavy (non-hydrogen) atoms. The van der Waals surface area contributed by atoms with E-state index in [1.54, 1.807) is 12.4 Å². The monoisotopic (exact) mass is 352 g/mol. The van der Waals surface area contributed by atoms with Crippen molar-refractivity contribution in [3.63, 3.8) is 0 Å². The first-order chi connectivity index (χ1) is 12.6. The van der Waals surface area contributed by atoms with E-state index in [0.29, 0.717) is 18.0 Å². The summed E-state index contributed by atoms with van der Waals surface area (Å²) < 4.78 is 0. The van der Waals surface area contributed by atoms with Crippen LogP contribution in [0.25, 0.3) is 11.1 Å². The maximum atomic E-state index is 12.4. The van der Waals surface area contributed by atoms with Crippen LogP contribution in [0.2, 0.25) is 0 Å². The summed E-state index contributed by atoms with van der Waals surface area (Å²) in [7, 11) is 4.04. The van der Waals surface area contributed by atoms with Crippen molar-refractivity contribution in [2.24, 2.45) is 5.92 Å². The molecule has 1 atom stereocenters. The molecule has 0 aliphatic carbocycles. The quantitative estimate of drug-likeness (QED) is 0.839. The zero-order chi connectivity index (χ0) is 18.4. The zero-order valence-corrected chi connectivity index (χ0v) is 15.7. The summed E-state index contributed by atoms with van der Waals surface area (Å²) in [6.07, 6.45) is 6.95. The van der Waals surface area contributed by atoms with Crippen LogP contribution in [0.1, 0.15) is 29.6 Å². The summed E-state index contributed by atoms with van der Waals surface area (Å²) in [4.78, 5) is 18.8. The van der Waals surface area contributed by atoms with E-state index in [4.69, 9.17) is 0 Å². The Kier molecular flexibility index (Phi) is 6.23. The molecule has 1 aromatic carbocycles. The number of rotatable bonds is 6. The van der Waals surface area contributed by atoms with Gasteiger partial charge in [0.2, 0.25) is 0 Å². The van der Waals surface area contributed by atoms with Gasteiger partial charge in [-0.2, -0.15) is 0 Å². The largest absolute Gasteiger partial charge is 0.378 e. The molecule has 5 heteroatoms. The van der Waals surface area contributed by atoms with Crippen LogP contribution in [0, 0.1) is 5.92 Å². The van der Waals surface area contributed by atoms with E-state index < -0.39 is 0 Å². The van der Waals surface area contributed by atoms with Gasteiger partial charge in [-0.1, -0.05) is 12.1 Å². The molecule has 0 spiro atoms. The molecule has 1 saturated heterocycles. The molecule has 138 valence electrons. The van der Waals surface area contributed by atoms with Gasteiger partial charge in [-0.25, -0.2) is 0 Å². The zero-order valence-electron chi connectivity index (χ0n) is 15.7. The second-order valence-electron chi connectivity index (χ2n) is 7.16. The summed E-state index contributed by atoms with van der Waals surface area (Å²) >= 11 is 0.